The first-order valence-electron chi connectivity index (χ1n) is 4.03. The predicted octanol–water partition coefficient (Wildman–Crippen LogP) is 0.746. The topological polar surface area (TPSA) is 26.0 Å². The van der Waals surface area contributed by atoms with Gasteiger partial charge in [-0.25, -0.2) is 0 Å². The van der Waals surface area contributed by atoms with Crippen LogP contribution in [0.2, 0.25) is 0 Å². The third-order valence-corrected chi connectivity index (χ3v) is 1.90. The molecule has 1 aromatic rings. The summed E-state index contributed by atoms with van der Waals surface area (Å²) < 4.78 is 0. The minimum absolute atomic E-state index is 0.578. The third kappa shape index (κ3) is 1.84. The number of nitrogens with two attached hydrogens (primary N) is 1. The number of hydrogen-bond acceptors (Lipinski definition) is 1. The Labute approximate surface area is 68.9 Å². The molecule has 1 aromatic carbocycles. The molecule has 0 atom stereocenters. The van der Waals surface area contributed by atoms with E-state index in [1.807, 2.05) is 6.07 Å². The molecule has 0 aliphatic rings. The lowest BCUT2D eigenvalue weighted by molar-refractivity contribution is 0.873. The quantitative estimate of drug-likeness (QED) is 0.613. The summed E-state index contributed by atoms with van der Waals surface area (Å²) in [6.07, 6.45) is 0. The van der Waals surface area contributed by atoms with Crippen molar-refractivity contribution in [2.45, 2.75) is 19.8 Å². The minimum atomic E-state index is 0.578. The van der Waals surface area contributed by atoms with Gasteiger partial charge in [-0.2, -0.15) is 0 Å². The number of hydrogen-bond donors (Lipinski definition) is 1. The molecule has 58 valence electrons. The van der Waals surface area contributed by atoms with Crippen LogP contribution >= 0.6 is 0 Å². The van der Waals surface area contributed by atoms with Gasteiger partial charge in [0.25, 0.3) is 0 Å². The smallest absolute Gasteiger partial charge is 0.233 e. The molecule has 0 fully saturated rings. The summed E-state index contributed by atoms with van der Waals surface area (Å²) in [5.74, 6) is 0.578. The monoisotopic (exact) mass is 147 g/mol. The van der Waals surface area contributed by atoms with Crippen LogP contribution in [0.4, 0.5) is 0 Å². The Morgan fingerprint density at radius 1 is 1.27 bits per heavy atom. The molecule has 0 heterocycles. The van der Waals surface area contributed by atoms with Gasteiger partial charge in [0, 0.05) is 0 Å². The van der Waals surface area contributed by atoms with Gasteiger partial charge in [-0.3, -0.25) is 0 Å². The highest BCUT2D eigenvalue weighted by atomic mass is 14.4. The molecular weight excluding hydrogens is 133 g/mol. The first-order chi connectivity index (χ1) is 5.25. The minimum Gasteiger partial charge on any atom is -0.369 e. The molecule has 0 aliphatic carbocycles. The summed E-state index contributed by atoms with van der Waals surface area (Å²) in [5, 5.41) is 0. The van der Waals surface area contributed by atoms with Gasteiger partial charge >= 0.3 is 0 Å². The van der Waals surface area contributed by atoms with Crippen molar-refractivity contribution >= 4 is 12.9 Å². The summed E-state index contributed by atoms with van der Waals surface area (Å²) in [6.45, 7) is 4.38. The largest absolute Gasteiger partial charge is 0.369 e. The SMILES string of the molecule is CC(C)c1ccccc1BN. The fourth-order valence-corrected chi connectivity index (χ4v) is 1.28. The van der Waals surface area contributed by atoms with Crippen LogP contribution in [0.3, 0.4) is 0 Å². The van der Waals surface area contributed by atoms with E-state index in [9.17, 15) is 0 Å². The molecule has 0 saturated heterocycles. The molecule has 0 saturated carbocycles. The molecule has 0 aliphatic heterocycles. The van der Waals surface area contributed by atoms with Crippen LogP contribution < -0.4 is 11.1 Å². The van der Waals surface area contributed by atoms with Crippen molar-refractivity contribution in [3.05, 3.63) is 29.8 Å². The first kappa shape index (κ1) is 8.34. The van der Waals surface area contributed by atoms with Crippen molar-refractivity contribution in [3.8, 4) is 0 Å². The Morgan fingerprint density at radius 2 is 1.91 bits per heavy atom. The molecule has 1 nitrogen and oxygen atoms in total. The van der Waals surface area contributed by atoms with E-state index in [4.69, 9.17) is 5.64 Å². The van der Waals surface area contributed by atoms with Gasteiger partial charge < -0.3 is 5.64 Å². The lowest BCUT2D eigenvalue weighted by Crippen LogP contribution is -2.26. The Kier molecular flexibility index (Phi) is 2.72. The maximum atomic E-state index is 5.59. The van der Waals surface area contributed by atoms with Crippen molar-refractivity contribution in [3.63, 3.8) is 0 Å². The second-order valence-electron chi connectivity index (χ2n) is 3.06. The molecule has 0 radical (unpaired) electrons. The van der Waals surface area contributed by atoms with Gasteiger partial charge in [0.15, 0.2) is 0 Å². The maximum Gasteiger partial charge on any atom is 0.233 e. The molecule has 0 spiro atoms. The number of benzene rings is 1. The van der Waals surface area contributed by atoms with Crippen LogP contribution in [0.1, 0.15) is 25.3 Å². The fraction of sp³-hybridized carbons (Fsp3) is 0.333. The highest BCUT2D eigenvalue weighted by Crippen LogP contribution is 2.09. The normalized spacial score (nSPS) is 10.2. The van der Waals surface area contributed by atoms with Crippen LogP contribution in [0.15, 0.2) is 24.3 Å². The predicted molar refractivity (Wildman–Crippen MR) is 51.5 cm³/mol. The van der Waals surface area contributed by atoms with E-state index in [-0.39, 0.29) is 0 Å². The second-order valence-corrected chi connectivity index (χ2v) is 3.06. The van der Waals surface area contributed by atoms with Crippen molar-refractivity contribution in [1.29, 1.82) is 0 Å². The van der Waals surface area contributed by atoms with E-state index < -0.39 is 0 Å². The summed E-state index contributed by atoms with van der Waals surface area (Å²) in [4.78, 5) is 0. The van der Waals surface area contributed by atoms with Crippen molar-refractivity contribution in [1.82, 2.24) is 0 Å². The molecule has 0 aromatic heterocycles. The van der Waals surface area contributed by atoms with Gasteiger partial charge in [0.2, 0.25) is 7.41 Å². The Balaban J connectivity index is 3.02. The molecule has 0 bridgehead atoms. The van der Waals surface area contributed by atoms with Gasteiger partial charge in [-0.1, -0.05) is 43.6 Å². The molecule has 1 rings (SSSR count). The highest BCUT2D eigenvalue weighted by molar-refractivity contribution is 6.50. The summed E-state index contributed by atoms with van der Waals surface area (Å²) in [7, 11) is 0.647. The molecule has 11 heavy (non-hydrogen) atoms. The second kappa shape index (κ2) is 3.58. The summed E-state index contributed by atoms with van der Waals surface area (Å²) in [5.41, 5.74) is 8.23. The first-order valence-corrected chi connectivity index (χ1v) is 4.03. The lowest BCUT2D eigenvalue weighted by atomic mass is 9.78. The van der Waals surface area contributed by atoms with E-state index in [2.05, 4.69) is 32.0 Å². The Morgan fingerprint density at radius 3 is 2.36 bits per heavy atom. The molecule has 2 heteroatoms. The standard InChI is InChI=1S/C9H14BN/c1-7(2)8-5-3-4-6-9(8)10-11/h3-7,10H,11H2,1-2H3. The highest BCUT2D eigenvalue weighted by Gasteiger charge is 2.03. The lowest BCUT2D eigenvalue weighted by Gasteiger charge is -2.09. The zero-order valence-electron chi connectivity index (χ0n) is 7.17. The van der Waals surface area contributed by atoms with E-state index in [1.54, 1.807) is 0 Å². The summed E-state index contributed by atoms with van der Waals surface area (Å²) in [6, 6.07) is 8.34. The molecule has 0 unspecified atom stereocenters. The fourth-order valence-electron chi connectivity index (χ4n) is 1.28. The van der Waals surface area contributed by atoms with E-state index in [0.717, 1.165) is 0 Å². The average Bonchev–Trinajstić information content (AvgIpc) is 2.04. The van der Waals surface area contributed by atoms with E-state index in [0.29, 0.717) is 13.3 Å². The van der Waals surface area contributed by atoms with Crippen molar-refractivity contribution < 1.29 is 0 Å². The number of rotatable bonds is 2. The third-order valence-electron chi connectivity index (χ3n) is 1.90. The van der Waals surface area contributed by atoms with Crippen molar-refractivity contribution in [2.75, 3.05) is 0 Å². The van der Waals surface area contributed by atoms with Gasteiger partial charge in [0.1, 0.15) is 0 Å². The zero-order chi connectivity index (χ0) is 8.27. The van der Waals surface area contributed by atoms with Gasteiger partial charge in [0.05, 0.1) is 0 Å². The maximum absolute atomic E-state index is 5.59. The Hall–Kier alpha value is -0.755. The van der Waals surface area contributed by atoms with Crippen LogP contribution in [-0.2, 0) is 0 Å². The van der Waals surface area contributed by atoms with Crippen LogP contribution in [0, 0.1) is 0 Å². The Bertz CT molecular complexity index is 233. The van der Waals surface area contributed by atoms with Crippen molar-refractivity contribution in [2.24, 2.45) is 5.64 Å². The van der Waals surface area contributed by atoms with Gasteiger partial charge in [-0.05, 0) is 11.5 Å². The molecular formula is C9H14BN. The van der Waals surface area contributed by atoms with E-state index in [1.165, 1.54) is 11.0 Å². The molecule has 0 amide bonds. The zero-order valence-corrected chi connectivity index (χ0v) is 7.17. The van der Waals surface area contributed by atoms with Gasteiger partial charge in [-0.15, -0.1) is 0 Å². The van der Waals surface area contributed by atoms with Crippen LogP contribution in [0.25, 0.3) is 0 Å². The van der Waals surface area contributed by atoms with Crippen LogP contribution in [-0.4, -0.2) is 7.41 Å². The molecule has 2 N–H and O–H groups in total. The summed E-state index contributed by atoms with van der Waals surface area (Å²) >= 11 is 0. The van der Waals surface area contributed by atoms with Crippen LogP contribution in [0.5, 0.6) is 0 Å². The van der Waals surface area contributed by atoms with E-state index >= 15 is 0 Å². The average molecular weight is 147 g/mol.